The lowest BCUT2D eigenvalue weighted by Crippen LogP contribution is -2.54. The summed E-state index contributed by atoms with van der Waals surface area (Å²) >= 11 is 0. The average Bonchev–Trinajstić information content (AvgIpc) is 3.47. The Morgan fingerprint density at radius 1 is 0.610 bits per heavy atom. The number of carbonyl (C=O) groups excluding carboxylic acids is 5. The minimum Gasteiger partial charge on any atom is -0.480 e. The molecule has 2 aliphatic rings. The van der Waals surface area contributed by atoms with E-state index in [1.165, 1.54) is 6.07 Å². The molecular weight excluding hydrogens is 782 g/mol. The highest BCUT2D eigenvalue weighted by Crippen LogP contribution is 2.32. The predicted octanol–water partition coefficient (Wildman–Crippen LogP) is 0.837. The number of piperidine rings is 1. The lowest BCUT2D eigenvalue weighted by atomic mass is 10.0. The number of carboxylic acids is 1. The van der Waals surface area contributed by atoms with Gasteiger partial charge >= 0.3 is 5.97 Å². The van der Waals surface area contributed by atoms with Crippen LogP contribution in [-0.4, -0.2) is 184 Å². The zero-order valence-corrected chi connectivity index (χ0v) is 33.6. The van der Waals surface area contributed by atoms with Gasteiger partial charge in [-0.15, -0.1) is 0 Å². The van der Waals surface area contributed by atoms with Gasteiger partial charge in [-0.05, 0) is 31.4 Å². The molecule has 0 aliphatic carbocycles. The van der Waals surface area contributed by atoms with Crippen LogP contribution in [0.3, 0.4) is 0 Å². The number of benzene rings is 1. The number of ether oxygens (including phenoxy) is 10. The number of hydrogen-bond donors (Lipinski definition) is 3. The average molecular weight is 842 g/mol. The highest BCUT2D eigenvalue weighted by atomic mass is 16.6. The normalized spacial score (nSPS) is 15.2. The molecule has 20 nitrogen and oxygen atoms in total. The number of fused-ring (bicyclic) bond motifs is 1. The third-order valence-electron chi connectivity index (χ3n) is 8.51. The van der Waals surface area contributed by atoms with Gasteiger partial charge in [-0.1, -0.05) is 12.5 Å². The molecule has 20 heteroatoms. The smallest absolute Gasteiger partial charge is 0.329 e. The van der Waals surface area contributed by atoms with Crippen molar-refractivity contribution in [1.82, 2.24) is 10.2 Å². The molecule has 3 N–H and O–H groups in total. The van der Waals surface area contributed by atoms with Crippen molar-refractivity contribution in [3.8, 4) is 0 Å². The summed E-state index contributed by atoms with van der Waals surface area (Å²) in [7, 11) is 0. The van der Waals surface area contributed by atoms with Crippen LogP contribution in [0.4, 0.5) is 5.69 Å². The van der Waals surface area contributed by atoms with E-state index in [2.05, 4.69) is 10.6 Å². The van der Waals surface area contributed by atoms with Crippen molar-refractivity contribution < 1.29 is 81.2 Å². The molecule has 0 bridgehead atoms. The fourth-order valence-electron chi connectivity index (χ4n) is 5.64. The van der Waals surface area contributed by atoms with E-state index in [9.17, 15) is 28.8 Å². The van der Waals surface area contributed by atoms with Gasteiger partial charge in [-0.2, -0.15) is 0 Å². The Bertz CT molecular complexity index is 1430. The van der Waals surface area contributed by atoms with E-state index in [1.807, 2.05) is 0 Å². The van der Waals surface area contributed by atoms with Crippen LogP contribution in [0.1, 0.15) is 59.2 Å². The summed E-state index contributed by atoms with van der Waals surface area (Å²) in [6.45, 7) is 7.78. The SMILES string of the molecule is O=C(O)COCCOCCOCCOCCOCCOCCOCCOCCOCCOCCCCCC(=O)Nc1cccc2c1C(=O)N(C1CCC(=O)NC1=O)C2=O. The molecule has 1 saturated heterocycles. The summed E-state index contributed by atoms with van der Waals surface area (Å²) < 4.78 is 53.9. The number of hydrogen-bond acceptors (Lipinski definition) is 16. The van der Waals surface area contributed by atoms with Crippen LogP contribution in [0.25, 0.3) is 0 Å². The molecule has 0 radical (unpaired) electrons. The molecule has 0 spiro atoms. The summed E-state index contributed by atoms with van der Waals surface area (Å²) in [4.78, 5) is 73.8. The number of unbranched alkanes of at least 4 members (excludes halogenated alkanes) is 2. The molecule has 5 amide bonds. The Morgan fingerprint density at radius 2 is 1.07 bits per heavy atom. The number of carboxylic acid groups (broad SMARTS) is 1. The number of aliphatic carboxylic acids is 1. The molecule has 1 atom stereocenters. The number of carbonyl (C=O) groups is 6. The van der Waals surface area contributed by atoms with Crippen LogP contribution in [0.2, 0.25) is 0 Å². The van der Waals surface area contributed by atoms with Gasteiger partial charge in [0.05, 0.1) is 136 Å². The molecule has 2 aliphatic heterocycles. The Labute approximate surface area is 343 Å². The van der Waals surface area contributed by atoms with Crippen molar-refractivity contribution in [3.05, 3.63) is 29.3 Å². The quantitative estimate of drug-likeness (QED) is 0.0621. The summed E-state index contributed by atoms with van der Waals surface area (Å²) in [5, 5.41) is 13.3. The van der Waals surface area contributed by atoms with E-state index in [0.29, 0.717) is 125 Å². The van der Waals surface area contributed by atoms with Crippen LogP contribution in [0.5, 0.6) is 0 Å². The van der Waals surface area contributed by atoms with Crippen LogP contribution in [-0.2, 0) is 66.5 Å². The second-order valence-electron chi connectivity index (χ2n) is 13.0. The zero-order valence-electron chi connectivity index (χ0n) is 33.6. The first kappa shape index (κ1) is 49.4. The van der Waals surface area contributed by atoms with Crippen molar-refractivity contribution >= 4 is 41.2 Å². The van der Waals surface area contributed by atoms with Crippen molar-refractivity contribution in [3.63, 3.8) is 0 Å². The van der Waals surface area contributed by atoms with E-state index in [4.69, 9.17) is 52.5 Å². The number of nitrogens with zero attached hydrogens (tertiary/aromatic N) is 1. The highest BCUT2D eigenvalue weighted by molar-refractivity contribution is 6.26. The molecule has 1 fully saturated rings. The van der Waals surface area contributed by atoms with E-state index in [-0.39, 0.29) is 55.2 Å². The third-order valence-corrected chi connectivity index (χ3v) is 8.51. The largest absolute Gasteiger partial charge is 0.480 e. The predicted molar refractivity (Wildman–Crippen MR) is 206 cm³/mol. The fraction of sp³-hybridized carbons (Fsp3) is 0.692. The second-order valence-corrected chi connectivity index (χ2v) is 13.0. The fourth-order valence-corrected chi connectivity index (χ4v) is 5.64. The molecule has 0 saturated carbocycles. The third kappa shape index (κ3) is 20.7. The summed E-state index contributed by atoms with van der Waals surface area (Å²) in [6.07, 6.45) is 2.41. The second kappa shape index (κ2) is 31.0. The van der Waals surface area contributed by atoms with Crippen LogP contribution >= 0.6 is 0 Å². The highest BCUT2D eigenvalue weighted by Gasteiger charge is 2.45. The Hall–Kier alpha value is -3.96. The molecule has 1 aromatic rings. The maximum absolute atomic E-state index is 13.2. The van der Waals surface area contributed by atoms with Gasteiger partial charge in [0.25, 0.3) is 11.8 Å². The minimum atomic E-state index is -1.08. The first-order valence-electron chi connectivity index (χ1n) is 19.9. The number of amides is 5. The summed E-state index contributed by atoms with van der Waals surface area (Å²) in [5.41, 5.74) is 0.366. The van der Waals surface area contributed by atoms with Crippen molar-refractivity contribution in [2.45, 2.75) is 44.6 Å². The molecule has 1 aromatic carbocycles. The first-order chi connectivity index (χ1) is 28.8. The van der Waals surface area contributed by atoms with E-state index < -0.39 is 35.6 Å². The lowest BCUT2D eigenvalue weighted by Gasteiger charge is -2.27. The monoisotopic (exact) mass is 841 g/mol. The zero-order chi connectivity index (χ0) is 42.3. The Morgan fingerprint density at radius 3 is 1.53 bits per heavy atom. The minimum absolute atomic E-state index is 0.0240. The Balaban J connectivity index is 1.01. The topological polar surface area (TPSA) is 242 Å². The van der Waals surface area contributed by atoms with Gasteiger partial charge in [0.1, 0.15) is 12.6 Å². The molecular formula is C39H59N3O17. The van der Waals surface area contributed by atoms with Gasteiger partial charge in [-0.25, -0.2) is 4.79 Å². The molecule has 59 heavy (non-hydrogen) atoms. The van der Waals surface area contributed by atoms with Gasteiger partial charge < -0.3 is 57.8 Å². The summed E-state index contributed by atoms with van der Waals surface area (Å²) in [5.74, 6) is -3.75. The molecule has 2 heterocycles. The van der Waals surface area contributed by atoms with Crippen molar-refractivity contribution in [1.29, 1.82) is 0 Å². The first-order valence-corrected chi connectivity index (χ1v) is 19.9. The Kier molecular flexibility index (Phi) is 25.9. The summed E-state index contributed by atoms with van der Waals surface area (Å²) in [6, 6.07) is 3.51. The van der Waals surface area contributed by atoms with Crippen molar-refractivity contribution in [2.24, 2.45) is 0 Å². The standard InChI is InChI=1S/C39H59N3O17/c43-33(40-31-6-4-5-30-36(31)39(49)42(38(30)48)32-8-9-34(44)41-37(32)47)7-2-1-3-10-50-11-12-51-13-14-52-15-16-53-17-18-54-19-20-55-21-22-56-23-24-57-25-26-58-27-28-59-29-35(45)46/h4-6,32H,1-3,7-29H2,(H,40,43)(H,45,46)(H,41,44,47). The number of rotatable bonds is 37. The molecule has 0 aromatic heterocycles. The maximum Gasteiger partial charge on any atom is 0.329 e. The van der Waals surface area contributed by atoms with Gasteiger partial charge in [-0.3, -0.25) is 34.2 Å². The molecule has 1 unspecified atom stereocenters. The van der Waals surface area contributed by atoms with Gasteiger partial charge in [0.15, 0.2) is 0 Å². The van der Waals surface area contributed by atoms with Crippen LogP contribution < -0.4 is 10.6 Å². The van der Waals surface area contributed by atoms with Gasteiger partial charge in [0, 0.05) is 19.4 Å². The van der Waals surface area contributed by atoms with Crippen LogP contribution in [0, 0.1) is 0 Å². The molecule has 3 rings (SSSR count). The van der Waals surface area contributed by atoms with Crippen molar-refractivity contribution in [2.75, 3.05) is 137 Å². The lowest BCUT2D eigenvalue weighted by molar-refractivity contribution is -0.143. The van der Waals surface area contributed by atoms with E-state index in [0.717, 1.165) is 17.7 Å². The number of imide groups is 2. The van der Waals surface area contributed by atoms with E-state index >= 15 is 0 Å². The van der Waals surface area contributed by atoms with E-state index in [1.54, 1.807) is 12.1 Å². The maximum atomic E-state index is 13.2. The van der Waals surface area contributed by atoms with Gasteiger partial charge in [0.2, 0.25) is 17.7 Å². The number of anilines is 1. The molecule has 332 valence electrons. The van der Waals surface area contributed by atoms with Crippen LogP contribution in [0.15, 0.2) is 18.2 Å². The number of nitrogens with one attached hydrogen (secondary N) is 2.